The molecule has 2 atom stereocenters. The topological polar surface area (TPSA) is 49.6 Å². The molecule has 4 nitrogen and oxygen atoms in total. The van der Waals surface area contributed by atoms with Crippen molar-refractivity contribution in [2.75, 3.05) is 24.5 Å². The van der Waals surface area contributed by atoms with Crippen LogP contribution < -0.4 is 10.6 Å². The second-order valence-corrected chi connectivity index (χ2v) is 7.40. The number of likely N-dealkylation sites (tertiary alicyclic amines) is 1. The maximum atomic E-state index is 13.0. The van der Waals surface area contributed by atoms with E-state index in [2.05, 4.69) is 30.9 Å². The molecule has 0 saturated carbocycles. The number of carbonyl (C=O) groups excluding carboxylic acids is 1. The molecule has 2 heterocycles. The van der Waals surface area contributed by atoms with Crippen LogP contribution in [0.5, 0.6) is 0 Å². The van der Waals surface area contributed by atoms with Gasteiger partial charge in [-0.15, -0.1) is 12.4 Å². The zero-order chi connectivity index (χ0) is 15.9. The number of halogens is 1. The normalized spacial score (nSPS) is 24.7. The molecule has 0 bridgehead atoms. The summed E-state index contributed by atoms with van der Waals surface area (Å²) in [6.45, 7) is 9.04. The Morgan fingerprint density at radius 1 is 1.30 bits per heavy atom. The minimum atomic E-state index is -0.0852. The van der Waals surface area contributed by atoms with Gasteiger partial charge in [0.05, 0.1) is 6.04 Å². The molecule has 1 aromatic carbocycles. The van der Waals surface area contributed by atoms with Crippen molar-refractivity contribution < 1.29 is 4.79 Å². The Labute approximate surface area is 145 Å². The number of nitrogens with zero attached hydrogens (tertiary/aromatic N) is 2. The van der Waals surface area contributed by atoms with Gasteiger partial charge in [0.1, 0.15) is 0 Å². The van der Waals surface area contributed by atoms with E-state index in [0.29, 0.717) is 0 Å². The summed E-state index contributed by atoms with van der Waals surface area (Å²) >= 11 is 0. The number of benzene rings is 1. The standard InChI is InChI=1S/C18H27N3O.ClH/c1-13(20-10-9-16(19)18(2,3)12-20)17(22)21-11-8-14-6-4-5-7-15(14)21;/h4-7,13,16H,8-12,19H2,1-3H3;1H. The molecular weight excluding hydrogens is 310 g/mol. The molecule has 2 unspecified atom stereocenters. The van der Waals surface area contributed by atoms with Gasteiger partial charge in [0.15, 0.2) is 0 Å². The van der Waals surface area contributed by atoms with Crippen molar-refractivity contribution in [2.45, 2.75) is 45.7 Å². The van der Waals surface area contributed by atoms with Crippen LogP contribution in [0.2, 0.25) is 0 Å². The third-order valence-electron chi connectivity index (χ3n) is 5.40. The van der Waals surface area contributed by atoms with E-state index in [1.165, 1.54) is 5.56 Å². The number of hydrogen-bond acceptors (Lipinski definition) is 3. The van der Waals surface area contributed by atoms with Crippen LogP contribution in [0.3, 0.4) is 0 Å². The number of fused-ring (bicyclic) bond motifs is 1. The van der Waals surface area contributed by atoms with Crippen LogP contribution >= 0.6 is 12.4 Å². The van der Waals surface area contributed by atoms with E-state index < -0.39 is 0 Å². The van der Waals surface area contributed by atoms with Crippen LogP contribution in [0.1, 0.15) is 32.8 Å². The minimum absolute atomic E-state index is 0. The summed E-state index contributed by atoms with van der Waals surface area (Å²) in [6, 6.07) is 8.37. The molecule has 23 heavy (non-hydrogen) atoms. The van der Waals surface area contributed by atoms with Gasteiger partial charge < -0.3 is 10.6 Å². The molecule has 1 aromatic rings. The lowest BCUT2D eigenvalue weighted by molar-refractivity contribution is -0.124. The summed E-state index contributed by atoms with van der Waals surface area (Å²) in [4.78, 5) is 17.2. The zero-order valence-electron chi connectivity index (χ0n) is 14.3. The average Bonchev–Trinajstić information content (AvgIpc) is 2.92. The van der Waals surface area contributed by atoms with E-state index in [0.717, 1.165) is 38.2 Å². The first kappa shape index (κ1) is 18.2. The fourth-order valence-electron chi connectivity index (χ4n) is 3.69. The van der Waals surface area contributed by atoms with Crippen LogP contribution in [-0.2, 0) is 11.2 Å². The third kappa shape index (κ3) is 3.39. The maximum Gasteiger partial charge on any atom is 0.244 e. The molecule has 0 spiro atoms. The number of anilines is 1. The molecule has 5 heteroatoms. The largest absolute Gasteiger partial charge is 0.327 e. The highest BCUT2D eigenvalue weighted by Crippen LogP contribution is 2.31. The van der Waals surface area contributed by atoms with Crippen LogP contribution in [0, 0.1) is 5.41 Å². The monoisotopic (exact) mass is 337 g/mol. The van der Waals surface area contributed by atoms with Crippen molar-refractivity contribution in [3.8, 4) is 0 Å². The Hall–Kier alpha value is -1.10. The van der Waals surface area contributed by atoms with Crippen molar-refractivity contribution in [1.29, 1.82) is 0 Å². The molecule has 3 rings (SSSR count). The summed E-state index contributed by atoms with van der Waals surface area (Å²) < 4.78 is 0. The van der Waals surface area contributed by atoms with Crippen LogP contribution in [0.25, 0.3) is 0 Å². The Bertz CT molecular complexity index is 575. The molecule has 2 aliphatic heterocycles. The molecule has 0 radical (unpaired) electrons. The highest BCUT2D eigenvalue weighted by Gasteiger charge is 2.38. The van der Waals surface area contributed by atoms with Crippen molar-refractivity contribution in [3.63, 3.8) is 0 Å². The summed E-state index contributed by atoms with van der Waals surface area (Å²) in [6.07, 6.45) is 1.92. The van der Waals surface area contributed by atoms with Gasteiger partial charge in [0.25, 0.3) is 0 Å². The molecule has 0 aliphatic carbocycles. The second kappa shape index (κ2) is 6.80. The van der Waals surface area contributed by atoms with Crippen LogP contribution in [0.4, 0.5) is 5.69 Å². The lowest BCUT2D eigenvalue weighted by atomic mass is 9.79. The van der Waals surface area contributed by atoms with Gasteiger partial charge >= 0.3 is 0 Å². The van der Waals surface area contributed by atoms with Gasteiger partial charge in [-0.3, -0.25) is 9.69 Å². The Kier molecular flexibility index (Phi) is 5.39. The number of para-hydroxylation sites is 1. The molecule has 2 aliphatic rings. The predicted octanol–water partition coefficient (Wildman–Crippen LogP) is 2.45. The number of amides is 1. The molecule has 128 valence electrons. The smallest absolute Gasteiger partial charge is 0.244 e. The first-order valence-corrected chi connectivity index (χ1v) is 8.29. The van der Waals surface area contributed by atoms with Crippen molar-refractivity contribution in [2.24, 2.45) is 11.1 Å². The van der Waals surface area contributed by atoms with Crippen LogP contribution in [-0.4, -0.2) is 42.5 Å². The first-order valence-electron chi connectivity index (χ1n) is 8.29. The first-order chi connectivity index (χ1) is 10.4. The maximum absolute atomic E-state index is 13.0. The Balaban J connectivity index is 0.00000192. The van der Waals surface area contributed by atoms with Gasteiger partial charge in [0, 0.05) is 31.4 Å². The van der Waals surface area contributed by atoms with E-state index >= 15 is 0 Å². The van der Waals surface area contributed by atoms with E-state index in [4.69, 9.17) is 5.73 Å². The summed E-state index contributed by atoms with van der Waals surface area (Å²) in [7, 11) is 0. The summed E-state index contributed by atoms with van der Waals surface area (Å²) in [5, 5.41) is 0. The van der Waals surface area contributed by atoms with Gasteiger partial charge in [0.2, 0.25) is 5.91 Å². The van der Waals surface area contributed by atoms with E-state index in [-0.39, 0.29) is 35.8 Å². The molecule has 2 N–H and O–H groups in total. The summed E-state index contributed by atoms with van der Waals surface area (Å²) in [5.74, 6) is 0.219. The highest BCUT2D eigenvalue weighted by molar-refractivity contribution is 5.98. The highest BCUT2D eigenvalue weighted by atomic mass is 35.5. The summed E-state index contributed by atoms with van der Waals surface area (Å²) in [5.41, 5.74) is 8.65. The number of nitrogens with two attached hydrogens (primary N) is 1. The zero-order valence-corrected chi connectivity index (χ0v) is 15.1. The second-order valence-electron chi connectivity index (χ2n) is 7.40. The number of hydrogen-bond donors (Lipinski definition) is 1. The molecule has 1 fully saturated rings. The number of rotatable bonds is 2. The number of piperidine rings is 1. The SMILES string of the molecule is CC(C(=O)N1CCc2ccccc21)N1CCC(N)C(C)(C)C1.Cl. The average molecular weight is 338 g/mol. The van der Waals surface area contributed by atoms with E-state index in [1.807, 2.05) is 24.0 Å². The van der Waals surface area contributed by atoms with Crippen molar-refractivity contribution >= 4 is 24.0 Å². The lowest BCUT2D eigenvalue weighted by Gasteiger charge is -2.45. The molecule has 0 aromatic heterocycles. The van der Waals surface area contributed by atoms with Crippen molar-refractivity contribution in [3.05, 3.63) is 29.8 Å². The predicted molar refractivity (Wildman–Crippen MR) is 97.2 cm³/mol. The Morgan fingerprint density at radius 2 is 2.00 bits per heavy atom. The third-order valence-corrected chi connectivity index (χ3v) is 5.40. The van der Waals surface area contributed by atoms with Gasteiger partial charge in [-0.1, -0.05) is 32.0 Å². The number of carbonyl (C=O) groups is 1. The molecule has 1 amide bonds. The van der Waals surface area contributed by atoms with E-state index in [1.54, 1.807) is 0 Å². The van der Waals surface area contributed by atoms with Crippen LogP contribution in [0.15, 0.2) is 24.3 Å². The fourth-order valence-corrected chi connectivity index (χ4v) is 3.69. The van der Waals surface area contributed by atoms with E-state index in [9.17, 15) is 4.79 Å². The molecule has 1 saturated heterocycles. The quantitative estimate of drug-likeness (QED) is 0.901. The van der Waals surface area contributed by atoms with Gasteiger partial charge in [-0.05, 0) is 36.8 Å². The van der Waals surface area contributed by atoms with Gasteiger partial charge in [-0.25, -0.2) is 0 Å². The Morgan fingerprint density at radius 3 is 2.70 bits per heavy atom. The lowest BCUT2D eigenvalue weighted by Crippen LogP contribution is -2.57. The van der Waals surface area contributed by atoms with Crippen molar-refractivity contribution in [1.82, 2.24) is 4.90 Å². The fraction of sp³-hybridized carbons (Fsp3) is 0.611. The minimum Gasteiger partial charge on any atom is -0.327 e. The van der Waals surface area contributed by atoms with Gasteiger partial charge in [-0.2, -0.15) is 0 Å². The molecular formula is C18H28ClN3O.